The van der Waals surface area contributed by atoms with Gasteiger partial charge in [0.1, 0.15) is 5.82 Å². The number of hydrogen-bond acceptors (Lipinski definition) is 2. The SMILES string of the molecule is CCCC[C@H](c1ccc(Cl)cc1F)N1CCNCC1.Cl. The lowest BCUT2D eigenvalue weighted by Gasteiger charge is -2.35. The predicted octanol–water partition coefficient (Wildman–Crippen LogP) is 4.04. The molecule has 20 heavy (non-hydrogen) atoms. The van der Waals surface area contributed by atoms with E-state index in [0.29, 0.717) is 5.02 Å². The number of nitrogens with one attached hydrogen (secondary N) is 1. The van der Waals surface area contributed by atoms with Crippen molar-refractivity contribution in [3.8, 4) is 0 Å². The fourth-order valence-corrected chi connectivity index (χ4v) is 2.86. The summed E-state index contributed by atoms with van der Waals surface area (Å²) in [7, 11) is 0. The van der Waals surface area contributed by atoms with Gasteiger partial charge in [0.25, 0.3) is 0 Å². The van der Waals surface area contributed by atoms with Crippen molar-refractivity contribution in [3.05, 3.63) is 34.6 Å². The summed E-state index contributed by atoms with van der Waals surface area (Å²) < 4.78 is 14.2. The standard InChI is InChI=1S/C15H22ClFN2.ClH/c1-2-3-4-15(19-9-7-18-8-10-19)13-6-5-12(16)11-14(13)17;/h5-6,11,15,18H,2-4,7-10H2,1H3;1H/t15-;/m1./s1. The zero-order chi connectivity index (χ0) is 13.7. The fraction of sp³-hybridized carbons (Fsp3) is 0.600. The Morgan fingerprint density at radius 1 is 1.35 bits per heavy atom. The van der Waals surface area contributed by atoms with E-state index >= 15 is 0 Å². The third kappa shape index (κ3) is 4.59. The molecule has 1 aromatic rings. The molecule has 2 rings (SSSR count). The second-order valence-corrected chi connectivity index (χ2v) is 5.55. The van der Waals surface area contributed by atoms with Gasteiger partial charge in [0, 0.05) is 42.8 Å². The largest absolute Gasteiger partial charge is 0.314 e. The molecule has 1 fully saturated rings. The van der Waals surface area contributed by atoms with Crippen LogP contribution in [0.25, 0.3) is 0 Å². The van der Waals surface area contributed by atoms with Crippen LogP contribution in [0.15, 0.2) is 18.2 Å². The summed E-state index contributed by atoms with van der Waals surface area (Å²) in [6.07, 6.45) is 3.27. The fourth-order valence-electron chi connectivity index (χ4n) is 2.70. The van der Waals surface area contributed by atoms with E-state index in [9.17, 15) is 4.39 Å². The molecule has 0 saturated carbocycles. The molecule has 0 bridgehead atoms. The second kappa shape index (κ2) is 8.83. The molecular formula is C15H23Cl2FN2. The van der Waals surface area contributed by atoms with E-state index in [1.807, 2.05) is 6.07 Å². The van der Waals surface area contributed by atoms with Gasteiger partial charge in [-0.3, -0.25) is 4.90 Å². The van der Waals surface area contributed by atoms with Gasteiger partial charge in [-0.2, -0.15) is 0 Å². The van der Waals surface area contributed by atoms with Crippen LogP contribution in [0, 0.1) is 5.82 Å². The maximum atomic E-state index is 14.2. The molecule has 0 unspecified atom stereocenters. The third-order valence-corrected chi connectivity index (χ3v) is 3.98. The second-order valence-electron chi connectivity index (χ2n) is 5.11. The molecule has 1 saturated heterocycles. The van der Waals surface area contributed by atoms with Crippen molar-refractivity contribution >= 4 is 24.0 Å². The molecule has 1 atom stereocenters. The molecule has 114 valence electrons. The maximum Gasteiger partial charge on any atom is 0.129 e. The highest BCUT2D eigenvalue weighted by molar-refractivity contribution is 6.30. The van der Waals surface area contributed by atoms with E-state index in [1.54, 1.807) is 6.07 Å². The zero-order valence-corrected chi connectivity index (χ0v) is 13.4. The van der Waals surface area contributed by atoms with Crippen LogP contribution in [-0.2, 0) is 0 Å². The van der Waals surface area contributed by atoms with Gasteiger partial charge in [0.05, 0.1) is 0 Å². The number of halogens is 3. The highest BCUT2D eigenvalue weighted by Gasteiger charge is 2.24. The average molecular weight is 321 g/mol. The molecule has 5 heteroatoms. The number of unbranched alkanes of at least 4 members (excludes halogenated alkanes) is 1. The summed E-state index contributed by atoms with van der Waals surface area (Å²) in [5, 5.41) is 3.81. The van der Waals surface area contributed by atoms with Crippen molar-refractivity contribution in [3.63, 3.8) is 0 Å². The van der Waals surface area contributed by atoms with Crippen LogP contribution < -0.4 is 5.32 Å². The normalized spacial score (nSPS) is 17.6. The van der Waals surface area contributed by atoms with Crippen LogP contribution in [0.4, 0.5) is 4.39 Å². The minimum absolute atomic E-state index is 0. The van der Waals surface area contributed by atoms with Crippen molar-refractivity contribution < 1.29 is 4.39 Å². The lowest BCUT2D eigenvalue weighted by atomic mass is 9.98. The van der Waals surface area contributed by atoms with Gasteiger partial charge in [-0.25, -0.2) is 4.39 Å². The molecule has 0 amide bonds. The third-order valence-electron chi connectivity index (χ3n) is 3.74. The van der Waals surface area contributed by atoms with Crippen LogP contribution in [0.1, 0.15) is 37.8 Å². The summed E-state index contributed by atoms with van der Waals surface area (Å²) in [6, 6.07) is 5.25. The quantitative estimate of drug-likeness (QED) is 0.880. The highest BCUT2D eigenvalue weighted by Crippen LogP contribution is 2.30. The summed E-state index contributed by atoms with van der Waals surface area (Å²) in [6.45, 7) is 6.11. The summed E-state index contributed by atoms with van der Waals surface area (Å²) in [5.74, 6) is -0.174. The Labute approximate surface area is 132 Å². The molecule has 1 aliphatic heterocycles. The van der Waals surface area contributed by atoms with Gasteiger partial charge in [0.2, 0.25) is 0 Å². The summed E-state index contributed by atoms with van der Waals surface area (Å²) >= 11 is 5.85. The number of rotatable bonds is 5. The van der Waals surface area contributed by atoms with E-state index in [2.05, 4.69) is 17.1 Å². The van der Waals surface area contributed by atoms with Crippen LogP contribution in [-0.4, -0.2) is 31.1 Å². The topological polar surface area (TPSA) is 15.3 Å². The molecule has 1 aromatic carbocycles. The Bertz CT molecular complexity index is 409. The number of piperazine rings is 1. The molecular weight excluding hydrogens is 298 g/mol. The molecule has 1 aliphatic rings. The van der Waals surface area contributed by atoms with Gasteiger partial charge < -0.3 is 5.32 Å². The average Bonchev–Trinajstić information content (AvgIpc) is 2.42. The van der Waals surface area contributed by atoms with E-state index in [-0.39, 0.29) is 24.3 Å². The van der Waals surface area contributed by atoms with E-state index in [1.165, 1.54) is 6.07 Å². The first-order valence-corrected chi connectivity index (χ1v) is 7.50. The minimum atomic E-state index is -0.174. The zero-order valence-electron chi connectivity index (χ0n) is 11.9. The Kier molecular flexibility index (Phi) is 7.82. The van der Waals surface area contributed by atoms with Crippen LogP contribution in [0.5, 0.6) is 0 Å². The van der Waals surface area contributed by atoms with Gasteiger partial charge in [0.15, 0.2) is 0 Å². The number of benzene rings is 1. The predicted molar refractivity (Wildman–Crippen MR) is 85.4 cm³/mol. The maximum absolute atomic E-state index is 14.2. The molecule has 0 aliphatic carbocycles. The lowest BCUT2D eigenvalue weighted by molar-refractivity contribution is 0.160. The van der Waals surface area contributed by atoms with E-state index in [0.717, 1.165) is 51.0 Å². The molecule has 0 spiro atoms. The molecule has 1 N–H and O–H groups in total. The Hall–Kier alpha value is -0.350. The van der Waals surface area contributed by atoms with Crippen molar-refractivity contribution in [2.24, 2.45) is 0 Å². The molecule has 0 aromatic heterocycles. The van der Waals surface area contributed by atoms with Crippen LogP contribution in [0.3, 0.4) is 0 Å². The van der Waals surface area contributed by atoms with Crippen LogP contribution >= 0.6 is 24.0 Å². The minimum Gasteiger partial charge on any atom is -0.314 e. The van der Waals surface area contributed by atoms with E-state index < -0.39 is 0 Å². The van der Waals surface area contributed by atoms with E-state index in [4.69, 9.17) is 11.6 Å². The lowest BCUT2D eigenvalue weighted by Crippen LogP contribution is -2.45. The molecule has 2 nitrogen and oxygen atoms in total. The number of hydrogen-bond donors (Lipinski definition) is 1. The Morgan fingerprint density at radius 3 is 2.65 bits per heavy atom. The Balaban J connectivity index is 0.00000200. The van der Waals surface area contributed by atoms with Gasteiger partial charge in [-0.05, 0) is 18.6 Å². The number of nitrogens with zero attached hydrogens (tertiary/aromatic N) is 1. The molecule has 0 radical (unpaired) electrons. The van der Waals surface area contributed by atoms with Crippen molar-refractivity contribution in [2.75, 3.05) is 26.2 Å². The van der Waals surface area contributed by atoms with Gasteiger partial charge in [-0.1, -0.05) is 37.4 Å². The van der Waals surface area contributed by atoms with Gasteiger partial charge >= 0.3 is 0 Å². The van der Waals surface area contributed by atoms with Crippen molar-refractivity contribution in [1.29, 1.82) is 0 Å². The van der Waals surface area contributed by atoms with Crippen molar-refractivity contribution in [1.82, 2.24) is 10.2 Å². The van der Waals surface area contributed by atoms with Crippen molar-refractivity contribution in [2.45, 2.75) is 32.2 Å². The summed E-state index contributed by atoms with van der Waals surface area (Å²) in [5.41, 5.74) is 0.791. The first-order valence-electron chi connectivity index (χ1n) is 7.12. The first-order chi connectivity index (χ1) is 9.22. The van der Waals surface area contributed by atoms with Gasteiger partial charge in [-0.15, -0.1) is 12.4 Å². The summed E-state index contributed by atoms with van der Waals surface area (Å²) in [4.78, 5) is 2.39. The highest BCUT2D eigenvalue weighted by atomic mass is 35.5. The smallest absolute Gasteiger partial charge is 0.129 e. The monoisotopic (exact) mass is 320 g/mol. The first kappa shape index (κ1) is 17.7. The Morgan fingerprint density at radius 2 is 2.05 bits per heavy atom. The van der Waals surface area contributed by atoms with Crippen LogP contribution in [0.2, 0.25) is 5.02 Å². The molecule has 1 heterocycles.